The van der Waals surface area contributed by atoms with Crippen LogP contribution in [0.5, 0.6) is 0 Å². The summed E-state index contributed by atoms with van der Waals surface area (Å²) in [5.74, 6) is 0.185. The summed E-state index contributed by atoms with van der Waals surface area (Å²) >= 11 is 0. The van der Waals surface area contributed by atoms with Gasteiger partial charge in [0.15, 0.2) is 11.4 Å². The molecule has 5 nitrogen and oxygen atoms in total. The zero-order valence-electron chi connectivity index (χ0n) is 8.02. The first-order valence-corrected chi connectivity index (χ1v) is 4.35. The van der Waals surface area contributed by atoms with Gasteiger partial charge in [-0.2, -0.15) is 0 Å². The minimum atomic E-state index is -0.206. The molecule has 0 aliphatic heterocycles. The number of benzene rings is 1. The van der Waals surface area contributed by atoms with Crippen molar-refractivity contribution in [2.24, 2.45) is 0 Å². The molecule has 1 aromatic heterocycles. The van der Waals surface area contributed by atoms with Crippen LogP contribution in [0.1, 0.15) is 6.92 Å². The third kappa shape index (κ3) is 1.84. The summed E-state index contributed by atoms with van der Waals surface area (Å²) < 4.78 is 5.00. The van der Waals surface area contributed by atoms with Crippen molar-refractivity contribution in [1.82, 2.24) is 5.16 Å². The number of carbonyl (C=O) groups is 1. The van der Waals surface area contributed by atoms with E-state index in [-0.39, 0.29) is 5.91 Å². The Labute approximate surface area is 86.3 Å². The molecule has 0 fully saturated rings. The van der Waals surface area contributed by atoms with Crippen LogP contribution in [-0.2, 0) is 4.79 Å². The third-order valence-corrected chi connectivity index (χ3v) is 1.94. The van der Waals surface area contributed by atoms with Crippen LogP contribution in [0.25, 0.3) is 11.0 Å². The highest BCUT2D eigenvalue weighted by atomic mass is 16.5. The molecule has 2 aromatic rings. The van der Waals surface area contributed by atoms with Crippen molar-refractivity contribution in [2.45, 2.75) is 6.92 Å². The van der Waals surface area contributed by atoms with E-state index in [4.69, 9.17) is 9.55 Å². The Hall–Kier alpha value is -1.82. The average molecular weight is 203 g/mol. The van der Waals surface area contributed by atoms with Crippen LogP contribution in [0.4, 0.5) is 5.82 Å². The second kappa shape index (κ2) is 3.74. The van der Waals surface area contributed by atoms with E-state index in [0.29, 0.717) is 22.2 Å². The number of aromatic nitrogens is 1. The van der Waals surface area contributed by atoms with Gasteiger partial charge in [-0.05, 0) is 17.6 Å². The number of carbonyl (C=O) groups excluding carboxylic acids is 1. The number of nitrogens with zero attached hydrogens (tertiary/aromatic N) is 1. The highest BCUT2D eigenvalue weighted by molar-refractivity contribution is 6.45. The first kappa shape index (κ1) is 9.73. The average Bonchev–Trinajstić information content (AvgIpc) is 2.60. The lowest BCUT2D eigenvalue weighted by Gasteiger charge is -1.96. The van der Waals surface area contributed by atoms with Crippen LogP contribution in [0.2, 0.25) is 0 Å². The van der Waals surface area contributed by atoms with Crippen molar-refractivity contribution < 1.29 is 14.3 Å². The lowest BCUT2D eigenvalue weighted by Crippen LogP contribution is -2.12. The lowest BCUT2D eigenvalue weighted by molar-refractivity contribution is -0.114. The van der Waals surface area contributed by atoms with E-state index in [1.165, 1.54) is 6.92 Å². The van der Waals surface area contributed by atoms with Crippen LogP contribution in [0.15, 0.2) is 22.7 Å². The molecule has 0 unspecified atom stereocenters. The van der Waals surface area contributed by atoms with Gasteiger partial charge in [-0.15, -0.1) is 0 Å². The van der Waals surface area contributed by atoms with Gasteiger partial charge < -0.3 is 14.9 Å². The zero-order chi connectivity index (χ0) is 10.8. The second-order valence-electron chi connectivity index (χ2n) is 3.10. The van der Waals surface area contributed by atoms with E-state index in [2.05, 4.69) is 10.5 Å². The van der Waals surface area contributed by atoms with Crippen molar-refractivity contribution in [1.29, 1.82) is 0 Å². The molecule has 2 rings (SSSR count). The molecule has 0 aliphatic rings. The van der Waals surface area contributed by atoms with Crippen LogP contribution >= 0.6 is 0 Å². The fraction of sp³-hybridized carbons (Fsp3) is 0.111. The molecule has 1 heterocycles. The summed E-state index contributed by atoms with van der Waals surface area (Å²) in [6, 6.07) is 5.05. The van der Waals surface area contributed by atoms with Gasteiger partial charge in [-0.1, -0.05) is 11.2 Å². The van der Waals surface area contributed by atoms with Crippen molar-refractivity contribution in [3.05, 3.63) is 18.2 Å². The Balaban J connectivity index is 2.47. The van der Waals surface area contributed by atoms with Gasteiger partial charge in [0.2, 0.25) is 5.91 Å². The maximum Gasteiger partial charge on any atom is 0.326 e. The SMILES string of the molecule is CC(=O)Nc1noc2cc([B]O)ccc12. The molecule has 1 aromatic carbocycles. The third-order valence-electron chi connectivity index (χ3n) is 1.94. The van der Waals surface area contributed by atoms with Crippen LogP contribution in [-0.4, -0.2) is 23.6 Å². The molecular weight excluding hydrogens is 195 g/mol. The fourth-order valence-electron chi connectivity index (χ4n) is 1.29. The number of hydrogen-bond donors (Lipinski definition) is 2. The molecule has 1 amide bonds. The summed E-state index contributed by atoms with van der Waals surface area (Å²) in [6.07, 6.45) is 0. The predicted molar refractivity (Wildman–Crippen MR) is 55.9 cm³/mol. The minimum Gasteiger partial charge on any atom is -0.450 e. The largest absolute Gasteiger partial charge is 0.450 e. The topological polar surface area (TPSA) is 75.4 Å². The molecule has 75 valence electrons. The number of nitrogens with one attached hydrogen (secondary N) is 1. The van der Waals surface area contributed by atoms with E-state index < -0.39 is 0 Å². The van der Waals surface area contributed by atoms with Crippen LogP contribution in [0, 0.1) is 0 Å². The van der Waals surface area contributed by atoms with Crippen molar-refractivity contribution in [2.75, 3.05) is 5.32 Å². The van der Waals surface area contributed by atoms with Crippen molar-refractivity contribution >= 4 is 35.6 Å². The molecule has 0 spiro atoms. The molecule has 0 saturated carbocycles. The van der Waals surface area contributed by atoms with E-state index in [0.717, 1.165) is 7.48 Å². The molecule has 0 aliphatic carbocycles. The van der Waals surface area contributed by atoms with E-state index >= 15 is 0 Å². The highest BCUT2D eigenvalue weighted by Crippen LogP contribution is 2.20. The maximum absolute atomic E-state index is 10.8. The van der Waals surface area contributed by atoms with Gasteiger partial charge >= 0.3 is 7.48 Å². The number of anilines is 1. The first-order chi connectivity index (χ1) is 7.20. The number of fused-ring (bicyclic) bond motifs is 1. The smallest absolute Gasteiger partial charge is 0.326 e. The molecular formula is C9H8BN2O3. The lowest BCUT2D eigenvalue weighted by atomic mass is 9.88. The van der Waals surface area contributed by atoms with Gasteiger partial charge in [-0.3, -0.25) is 4.79 Å². The zero-order valence-corrected chi connectivity index (χ0v) is 8.02. The van der Waals surface area contributed by atoms with E-state index in [9.17, 15) is 4.79 Å². The molecule has 1 radical (unpaired) electrons. The molecule has 15 heavy (non-hydrogen) atoms. The minimum absolute atomic E-state index is 0.206. The fourth-order valence-corrected chi connectivity index (χ4v) is 1.29. The summed E-state index contributed by atoms with van der Waals surface area (Å²) in [7, 11) is 0.972. The van der Waals surface area contributed by atoms with Gasteiger partial charge in [0.1, 0.15) is 0 Å². The number of rotatable bonds is 2. The van der Waals surface area contributed by atoms with Gasteiger partial charge in [0, 0.05) is 6.92 Å². The monoisotopic (exact) mass is 203 g/mol. The van der Waals surface area contributed by atoms with Gasteiger partial charge in [0.05, 0.1) is 5.39 Å². The van der Waals surface area contributed by atoms with Gasteiger partial charge in [0.25, 0.3) is 0 Å². The first-order valence-electron chi connectivity index (χ1n) is 4.35. The van der Waals surface area contributed by atoms with Crippen LogP contribution in [0.3, 0.4) is 0 Å². The molecule has 0 atom stereocenters. The Morgan fingerprint density at radius 3 is 3.07 bits per heavy atom. The Morgan fingerprint density at radius 2 is 2.40 bits per heavy atom. The Morgan fingerprint density at radius 1 is 1.60 bits per heavy atom. The van der Waals surface area contributed by atoms with E-state index in [1.807, 2.05) is 0 Å². The van der Waals surface area contributed by atoms with Gasteiger partial charge in [-0.25, -0.2) is 0 Å². The van der Waals surface area contributed by atoms with Crippen LogP contribution < -0.4 is 10.8 Å². The second-order valence-corrected chi connectivity index (χ2v) is 3.10. The molecule has 0 saturated heterocycles. The predicted octanol–water partition coefficient (Wildman–Crippen LogP) is 0.0230. The standard InChI is InChI=1S/C9H8BN2O3/c1-5(13)11-9-7-3-2-6(10-14)4-8(7)15-12-9/h2-4,14H,1H3,(H,11,12,13). The molecule has 0 bridgehead atoms. The van der Waals surface area contributed by atoms with Crippen molar-refractivity contribution in [3.63, 3.8) is 0 Å². The normalized spacial score (nSPS) is 10.3. The summed E-state index contributed by atoms with van der Waals surface area (Å²) in [5.41, 5.74) is 1.13. The summed E-state index contributed by atoms with van der Waals surface area (Å²) in [4.78, 5) is 10.8. The molecule has 2 N–H and O–H groups in total. The maximum atomic E-state index is 10.8. The summed E-state index contributed by atoms with van der Waals surface area (Å²) in [6.45, 7) is 1.40. The number of hydrogen-bond acceptors (Lipinski definition) is 4. The quantitative estimate of drug-likeness (QED) is 0.674. The Bertz CT molecular complexity index is 509. The van der Waals surface area contributed by atoms with E-state index in [1.54, 1.807) is 18.2 Å². The number of amides is 1. The summed E-state index contributed by atoms with van der Waals surface area (Å²) in [5, 5.41) is 15.8. The highest BCUT2D eigenvalue weighted by Gasteiger charge is 2.09. The van der Waals surface area contributed by atoms with Crippen molar-refractivity contribution in [3.8, 4) is 0 Å². The Kier molecular flexibility index (Phi) is 2.43. The molecule has 6 heteroatoms.